The third-order valence-electron chi connectivity index (χ3n) is 5.32. The van der Waals surface area contributed by atoms with Gasteiger partial charge in [-0.15, -0.1) is 0 Å². The molecule has 1 aromatic rings. The van der Waals surface area contributed by atoms with Gasteiger partial charge in [0.05, 0.1) is 0 Å². The van der Waals surface area contributed by atoms with Crippen LogP contribution in [0.25, 0.3) is 0 Å². The lowest BCUT2D eigenvalue weighted by Crippen LogP contribution is -2.18. The number of hydrogen-bond donors (Lipinski definition) is 0. The maximum absolute atomic E-state index is 2.39. The quantitative estimate of drug-likeness (QED) is 0.598. The van der Waals surface area contributed by atoms with Crippen LogP contribution >= 0.6 is 0 Å². The Morgan fingerprint density at radius 1 is 0.900 bits per heavy atom. The van der Waals surface area contributed by atoms with E-state index in [0.717, 1.165) is 17.8 Å². The summed E-state index contributed by atoms with van der Waals surface area (Å²) in [5, 5.41) is 0. The van der Waals surface area contributed by atoms with Gasteiger partial charge in [0.2, 0.25) is 0 Å². The topological polar surface area (TPSA) is 0 Å². The van der Waals surface area contributed by atoms with Crippen LogP contribution in [0.5, 0.6) is 0 Å². The molecular weight excluding hydrogens is 240 g/mol. The van der Waals surface area contributed by atoms with E-state index >= 15 is 0 Å². The maximum atomic E-state index is 2.39. The molecule has 0 bridgehead atoms. The number of hydrogen-bond acceptors (Lipinski definition) is 0. The fraction of sp³-hybridized carbons (Fsp3) is 0.700. The maximum Gasteiger partial charge on any atom is -0.0219 e. The second kappa shape index (κ2) is 7.29. The molecule has 0 N–H and O–H groups in total. The lowest BCUT2D eigenvalue weighted by atomic mass is 9.75. The smallest absolute Gasteiger partial charge is 0.0219 e. The molecule has 1 saturated carbocycles. The summed E-state index contributed by atoms with van der Waals surface area (Å²) in [7, 11) is 0. The minimum Gasteiger partial charge on any atom is -0.0625 e. The Bertz CT molecular complexity index is 377. The summed E-state index contributed by atoms with van der Waals surface area (Å²) < 4.78 is 0. The zero-order chi connectivity index (χ0) is 14.5. The SMILES string of the molecule is CC(C)c1ccc(CCC2CCC(C(C)C)CC2)cc1. The van der Waals surface area contributed by atoms with Crippen molar-refractivity contribution < 1.29 is 0 Å². The molecule has 0 heterocycles. The van der Waals surface area contributed by atoms with E-state index in [1.165, 1.54) is 49.7 Å². The lowest BCUT2D eigenvalue weighted by molar-refractivity contribution is 0.217. The Morgan fingerprint density at radius 3 is 2.00 bits per heavy atom. The molecule has 0 aliphatic heterocycles. The molecule has 1 aromatic carbocycles. The highest BCUT2D eigenvalue weighted by Gasteiger charge is 2.22. The first-order valence-electron chi connectivity index (χ1n) is 8.65. The van der Waals surface area contributed by atoms with E-state index < -0.39 is 0 Å². The van der Waals surface area contributed by atoms with Crippen molar-refractivity contribution in [2.24, 2.45) is 17.8 Å². The molecule has 0 saturated heterocycles. The third kappa shape index (κ3) is 4.36. The van der Waals surface area contributed by atoms with Crippen molar-refractivity contribution in [2.75, 3.05) is 0 Å². The zero-order valence-electron chi connectivity index (χ0n) is 13.9. The van der Waals surface area contributed by atoms with Crippen molar-refractivity contribution in [1.82, 2.24) is 0 Å². The number of benzene rings is 1. The number of rotatable bonds is 5. The Hall–Kier alpha value is -0.780. The van der Waals surface area contributed by atoms with Crippen LogP contribution in [0, 0.1) is 17.8 Å². The molecule has 2 rings (SSSR count). The fourth-order valence-corrected chi connectivity index (χ4v) is 3.58. The van der Waals surface area contributed by atoms with Crippen molar-refractivity contribution in [3.63, 3.8) is 0 Å². The van der Waals surface area contributed by atoms with Crippen LogP contribution in [0.1, 0.15) is 76.8 Å². The molecule has 0 spiro atoms. The first-order chi connectivity index (χ1) is 9.56. The monoisotopic (exact) mass is 272 g/mol. The van der Waals surface area contributed by atoms with Crippen LogP contribution in [0.4, 0.5) is 0 Å². The van der Waals surface area contributed by atoms with E-state index in [1.807, 2.05) is 0 Å². The van der Waals surface area contributed by atoms with Crippen LogP contribution in [0.15, 0.2) is 24.3 Å². The standard InChI is InChI=1S/C20H32/c1-15(2)19-11-7-17(8-12-19)5-6-18-9-13-20(14-10-18)16(3)4/h7-8,11-12,15-16,18,20H,5-6,9-10,13-14H2,1-4H3. The van der Waals surface area contributed by atoms with Gasteiger partial charge in [0.1, 0.15) is 0 Å². The van der Waals surface area contributed by atoms with Crippen molar-refractivity contribution in [1.29, 1.82) is 0 Å². The van der Waals surface area contributed by atoms with Gasteiger partial charge in [-0.2, -0.15) is 0 Å². The summed E-state index contributed by atoms with van der Waals surface area (Å²) in [5.41, 5.74) is 2.99. The number of aryl methyl sites for hydroxylation is 1. The van der Waals surface area contributed by atoms with Gasteiger partial charge in [0, 0.05) is 0 Å². The van der Waals surface area contributed by atoms with Crippen LogP contribution in [-0.2, 0) is 6.42 Å². The molecule has 1 aliphatic rings. The Morgan fingerprint density at radius 2 is 1.50 bits per heavy atom. The zero-order valence-corrected chi connectivity index (χ0v) is 13.9. The van der Waals surface area contributed by atoms with Gasteiger partial charge in [0.25, 0.3) is 0 Å². The molecule has 112 valence electrons. The second-order valence-electron chi connectivity index (χ2n) is 7.46. The van der Waals surface area contributed by atoms with Crippen molar-refractivity contribution >= 4 is 0 Å². The van der Waals surface area contributed by atoms with Crippen LogP contribution in [0.2, 0.25) is 0 Å². The normalized spacial score (nSPS) is 23.5. The first kappa shape index (κ1) is 15.6. The van der Waals surface area contributed by atoms with Crippen molar-refractivity contribution in [3.05, 3.63) is 35.4 Å². The molecular formula is C20H32. The predicted octanol–water partition coefficient (Wildman–Crippen LogP) is 6.21. The summed E-state index contributed by atoms with van der Waals surface area (Å²) in [6, 6.07) is 9.31. The van der Waals surface area contributed by atoms with E-state index in [-0.39, 0.29) is 0 Å². The van der Waals surface area contributed by atoms with Crippen LogP contribution < -0.4 is 0 Å². The Labute approximate surface area is 126 Å². The summed E-state index contributed by atoms with van der Waals surface area (Å²) >= 11 is 0. The lowest BCUT2D eigenvalue weighted by Gasteiger charge is -2.30. The highest BCUT2D eigenvalue weighted by atomic mass is 14.3. The first-order valence-corrected chi connectivity index (χ1v) is 8.65. The Balaban J connectivity index is 1.76. The average molecular weight is 272 g/mol. The summed E-state index contributed by atoms with van der Waals surface area (Å²) in [4.78, 5) is 0. The molecule has 20 heavy (non-hydrogen) atoms. The van der Waals surface area contributed by atoms with Crippen LogP contribution in [-0.4, -0.2) is 0 Å². The van der Waals surface area contributed by atoms with E-state index in [2.05, 4.69) is 52.0 Å². The van der Waals surface area contributed by atoms with E-state index in [0.29, 0.717) is 5.92 Å². The van der Waals surface area contributed by atoms with Gasteiger partial charge >= 0.3 is 0 Å². The molecule has 0 aromatic heterocycles. The molecule has 1 fully saturated rings. The van der Waals surface area contributed by atoms with Gasteiger partial charge in [-0.1, -0.05) is 64.8 Å². The largest absolute Gasteiger partial charge is 0.0625 e. The van der Waals surface area contributed by atoms with Crippen molar-refractivity contribution in [3.8, 4) is 0 Å². The van der Waals surface area contributed by atoms with E-state index in [9.17, 15) is 0 Å². The fourth-order valence-electron chi connectivity index (χ4n) is 3.58. The third-order valence-corrected chi connectivity index (χ3v) is 5.32. The van der Waals surface area contributed by atoms with Gasteiger partial charge < -0.3 is 0 Å². The molecule has 0 nitrogen and oxygen atoms in total. The molecule has 0 amide bonds. The highest BCUT2D eigenvalue weighted by Crippen LogP contribution is 2.35. The van der Waals surface area contributed by atoms with Gasteiger partial charge in [-0.3, -0.25) is 0 Å². The summed E-state index contributed by atoms with van der Waals surface area (Å²) in [6.45, 7) is 9.31. The molecule has 0 unspecified atom stereocenters. The van der Waals surface area contributed by atoms with Gasteiger partial charge in [-0.05, 0) is 60.5 Å². The van der Waals surface area contributed by atoms with Gasteiger partial charge in [0.15, 0.2) is 0 Å². The molecule has 0 radical (unpaired) electrons. The summed E-state index contributed by atoms with van der Waals surface area (Å²) in [5.74, 6) is 3.52. The van der Waals surface area contributed by atoms with E-state index in [1.54, 1.807) is 0 Å². The van der Waals surface area contributed by atoms with Gasteiger partial charge in [-0.25, -0.2) is 0 Å². The highest BCUT2D eigenvalue weighted by molar-refractivity contribution is 5.24. The molecule has 0 atom stereocenters. The minimum atomic E-state index is 0.648. The molecule has 1 aliphatic carbocycles. The average Bonchev–Trinajstić information content (AvgIpc) is 2.46. The second-order valence-corrected chi connectivity index (χ2v) is 7.46. The predicted molar refractivity (Wildman–Crippen MR) is 89.1 cm³/mol. The summed E-state index contributed by atoms with van der Waals surface area (Å²) in [6.07, 6.45) is 8.53. The van der Waals surface area contributed by atoms with Crippen molar-refractivity contribution in [2.45, 2.75) is 72.1 Å². The van der Waals surface area contributed by atoms with Crippen LogP contribution in [0.3, 0.4) is 0 Å². The minimum absolute atomic E-state index is 0.648. The van der Waals surface area contributed by atoms with E-state index in [4.69, 9.17) is 0 Å². The Kier molecular flexibility index (Phi) is 5.69. The molecule has 0 heteroatoms.